The van der Waals surface area contributed by atoms with E-state index in [0.717, 1.165) is 35.1 Å². The first-order chi connectivity index (χ1) is 15.2. The number of sulfone groups is 1. The van der Waals surface area contributed by atoms with Crippen molar-refractivity contribution >= 4 is 38.1 Å². The van der Waals surface area contributed by atoms with Crippen molar-refractivity contribution in [3.63, 3.8) is 0 Å². The van der Waals surface area contributed by atoms with Gasteiger partial charge in [0.15, 0.2) is 9.84 Å². The molecule has 1 saturated heterocycles. The maximum absolute atomic E-state index is 12.8. The minimum atomic E-state index is -3.55. The zero-order chi connectivity index (χ0) is 23.0. The Morgan fingerprint density at radius 2 is 1.75 bits per heavy atom. The molecule has 0 N–H and O–H groups in total. The van der Waals surface area contributed by atoms with Gasteiger partial charge in [-0.3, -0.25) is 4.79 Å². The van der Waals surface area contributed by atoms with Gasteiger partial charge in [-0.2, -0.15) is 0 Å². The van der Waals surface area contributed by atoms with Gasteiger partial charge < -0.3 is 9.47 Å². The van der Waals surface area contributed by atoms with Gasteiger partial charge in [-0.15, -0.1) is 0 Å². The Hall–Kier alpha value is -2.38. The van der Waals surface area contributed by atoms with Crippen LogP contribution in [0, 0.1) is 13.8 Å². The molecule has 32 heavy (non-hydrogen) atoms. The number of aromatic nitrogens is 2. The summed E-state index contributed by atoms with van der Waals surface area (Å²) in [5.74, 6) is 1.10. The van der Waals surface area contributed by atoms with Crippen LogP contribution in [0.15, 0.2) is 41.3 Å². The third-order valence-electron chi connectivity index (χ3n) is 6.58. The minimum absolute atomic E-state index is 0.00766. The Morgan fingerprint density at radius 1 is 1.09 bits per heavy atom. The van der Waals surface area contributed by atoms with Crippen molar-refractivity contribution in [2.75, 3.05) is 18.8 Å². The van der Waals surface area contributed by atoms with E-state index in [9.17, 15) is 13.2 Å². The number of carbonyl (C=O) groups excluding carboxylic acids is 1. The summed E-state index contributed by atoms with van der Waals surface area (Å²) < 4.78 is 27.8. The molecule has 0 bridgehead atoms. The van der Waals surface area contributed by atoms with Crippen molar-refractivity contribution in [3.8, 4) is 0 Å². The molecule has 3 aromatic rings. The summed E-state index contributed by atoms with van der Waals surface area (Å²) in [6, 6.07) is 10.3. The molecule has 1 aliphatic heterocycles. The Bertz CT molecular complexity index is 1280. The van der Waals surface area contributed by atoms with Gasteiger partial charge in [0.25, 0.3) is 0 Å². The third kappa shape index (κ3) is 4.55. The predicted molar refractivity (Wildman–Crippen MR) is 127 cm³/mol. The van der Waals surface area contributed by atoms with Crippen molar-refractivity contribution in [1.29, 1.82) is 0 Å². The molecule has 2 heterocycles. The van der Waals surface area contributed by atoms with Crippen LogP contribution in [0.5, 0.6) is 0 Å². The number of piperidine rings is 1. The number of fused-ring (bicyclic) bond motifs is 1. The molecule has 0 atom stereocenters. The van der Waals surface area contributed by atoms with Gasteiger partial charge >= 0.3 is 0 Å². The topological polar surface area (TPSA) is 72.3 Å². The highest BCUT2D eigenvalue weighted by atomic mass is 35.5. The molecule has 1 amide bonds. The lowest BCUT2D eigenvalue weighted by atomic mass is 9.95. The molecule has 0 spiro atoms. The molecular formula is C24H28ClN3O3S. The first kappa shape index (κ1) is 22.8. The van der Waals surface area contributed by atoms with Crippen LogP contribution in [0.25, 0.3) is 10.8 Å². The lowest BCUT2D eigenvalue weighted by Gasteiger charge is -2.31. The second-order valence-electron chi connectivity index (χ2n) is 8.58. The fourth-order valence-electron chi connectivity index (χ4n) is 4.38. The number of halogens is 1. The second kappa shape index (κ2) is 8.87. The largest absolute Gasteiger partial charge is 0.343 e. The molecule has 170 valence electrons. The molecule has 6 nitrogen and oxygen atoms in total. The average molecular weight is 474 g/mol. The lowest BCUT2D eigenvalue weighted by Crippen LogP contribution is -2.39. The summed E-state index contributed by atoms with van der Waals surface area (Å²) in [6.45, 7) is 5.34. The van der Waals surface area contributed by atoms with Crippen molar-refractivity contribution in [3.05, 3.63) is 58.6 Å². The second-order valence-corrected chi connectivity index (χ2v) is 11.1. The summed E-state index contributed by atoms with van der Waals surface area (Å²) in [6.07, 6.45) is 1.68. The van der Waals surface area contributed by atoms with E-state index in [1.54, 1.807) is 41.3 Å². The lowest BCUT2D eigenvalue weighted by molar-refractivity contribution is -0.131. The van der Waals surface area contributed by atoms with Gasteiger partial charge in [-0.05, 0) is 61.7 Å². The Morgan fingerprint density at radius 3 is 2.41 bits per heavy atom. The van der Waals surface area contributed by atoms with Crippen LogP contribution in [-0.4, -0.2) is 47.6 Å². The molecule has 1 fully saturated rings. The summed E-state index contributed by atoms with van der Waals surface area (Å²) >= 11 is 6.00. The highest BCUT2D eigenvalue weighted by Crippen LogP contribution is 2.29. The average Bonchev–Trinajstić information content (AvgIpc) is 3.04. The number of benzene rings is 2. The summed E-state index contributed by atoms with van der Waals surface area (Å²) in [4.78, 5) is 19.4. The number of nitrogens with zero attached hydrogens (tertiary/aromatic N) is 3. The van der Waals surface area contributed by atoms with E-state index < -0.39 is 9.84 Å². The summed E-state index contributed by atoms with van der Waals surface area (Å²) in [5, 5.41) is 2.30. The van der Waals surface area contributed by atoms with Crippen LogP contribution in [0.2, 0.25) is 5.02 Å². The van der Waals surface area contributed by atoms with E-state index in [0.29, 0.717) is 24.0 Å². The maximum Gasteiger partial charge on any atom is 0.223 e. The van der Waals surface area contributed by atoms with Crippen molar-refractivity contribution in [2.45, 2.75) is 43.9 Å². The van der Waals surface area contributed by atoms with E-state index >= 15 is 0 Å². The zero-order valence-corrected chi connectivity index (χ0v) is 20.2. The number of imidazole rings is 1. The van der Waals surface area contributed by atoms with Gasteiger partial charge in [0.2, 0.25) is 5.91 Å². The minimum Gasteiger partial charge on any atom is -0.343 e. The van der Waals surface area contributed by atoms with Crippen LogP contribution < -0.4 is 0 Å². The number of amides is 1. The number of hydrogen-bond donors (Lipinski definition) is 0. The molecule has 0 unspecified atom stereocenters. The molecule has 0 saturated carbocycles. The molecule has 0 radical (unpaired) electrons. The monoisotopic (exact) mass is 473 g/mol. The molecule has 0 aliphatic carbocycles. The number of carbonyl (C=O) groups is 1. The van der Waals surface area contributed by atoms with Crippen molar-refractivity contribution < 1.29 is 13.2 Å². The van der Waals surface area contributed by atoms with Crippen molar-refractivity contribution in [2.24, 2.45) is 7.05 Å². The summed E-state index contributed by atoms with van der Waals surface area (Å²) in [5.41, 5.74) is 2.21. The quantitative estimate of drug-likeness (QED) is 0.550. The van der Waals surface area contributed by atoms with E-state index in [2.05, 4.69) is 11.5 Å². The van der Waals surface area contributed by atoms with Gasteiger partial charge in [-0.25, -0.2) is 13.4 Å². The third-order valence-corrected chi connectivity index (χ3v) is 8.53. The molecule has 4 rings (SSSR count). The van der Waals surface area contributed by atoms with Gasteiger partial charge in [0, 0.05) is 43.2 Å². The summed E-state index contributed by atoms with van der Waals surface area (Å²) in [7, 11) is -1.51. The van der Waals surface area contributed by atoms with E-state index in [1.807, 2.05) is 14.0 Å². The molecule has 8 heteroatoms. The van der Waals surface area contributed by atoms with Crippen LogP contribution in [0.1, 0.15) is 42.4 Å². The standard InChI is InChI=1S/C24H28ClN3O3S/c1-16-17(2)27(3)24(26-16)18-8-11-28(12-9-18)23(29)10-13-32(30,31)22-7-5-19-14-21(25)6-4-20(19)15-22/h4-7,14-15,18H,8-13H2,1-3H3. The number of likely N-dealkylation sites (tertiary alicyclic amines) is 1. The highest BCUT2D eigenvalue weighted by Gasteiger charge is 2.28. The first-order valence-electron chi connectivity index (χ1n) is 10.9. The van der Waals surface area contributed by atoms with Crippen molar-refractivity contribution in [1.82, 2.24) is 14.5 Å². The van der Waals surface area contributed by atoms with Crippen LogP contribution in [-0.2, 0) is 21.7 Å². The van der Waals surface area contributed by atoms with Crippen LogP contribution in [0.3, 0.4) is 0 Å². The van der Waals surface area contributed by atoms with Crippen LogP contribution in [0.4, 0.5) is 0 Å². The van der Waals surface area contributed by atoms with E-state index in [1.165, 1.54) is 5.69 Å². The Labute approximate surface area is 194 Å². The van der Waals surface area contributed by atoms with Gasteiger partial charge in [-0.1, -0.05) is 23.7 Å². The van der Waals surface area contributed by atoms with Gasteiger partial charge in [0.1, 0.15) is 5.82 Å². The van der Waals surface area contributed by atoms with Gasteiger partial charge in [0.05, 0.1) is 16.3 Å². The normalized spacial score (nSPS) is 15.4. The Kier molecular flexibility index (Phi) is 6.32. The fourth-order valence-corrected chi connectivity index (χ4v) is 5.82. The SMILES string of the molecule is Cc1nc(C2CCN(C(=O)CCS(=O)(=O)c3ccc4cc(Cl)ccc4c3)CC2)n(C)c1C. The molecule has 2 aromatic carbocycles. The highest BCUT2D eigenvalue weighted by molar-refractivity contribution is 7.91. The van der Waals surface area contributed by atoms with E-state index in [4.69, 9.17) is 16.6 Å². The molecule has 1 aromatic heterocycles. The number of aryl methyl sites for hydroxylation is 1. The number of rotatable bonds is 5. The molecular weight excluding hydrogens is 446 g/mol. The van der Waals surface area contributed by atoms with Crippen LogP contribution >= 0.6 is 11.6 Å². The smallest absolute Gasteiger partial charge is 0.223 e. The zero-order valence-electron chi connectivity index (χ0n) is 18.6. The number of hydrogen-bond acceptors (Lipinski definition) is 4. The maximum atomic E-state index is 12.8. The predicted octanol–water partition coefficient (Wildman–Crippen LogP) is 4.41. The fraction of sp³-hybridized carbons (Fsp3) is 0.417. The first-order valence-corrected chi connectivity index (χ1v) is 12.9. The Balaban J connectivity index is 1.36. The van der Waals surface area contributed by atoms with E-state index in [-0.39, 0.29) is 23.0 Å². The molecule has 1 aliphatic rings.